The number of aromatic nitrogens is 1. The van der Waals surface area contributed by atoms with E-state index >= 15 is 0 Å². The van der Waals surface area contributed by atoms with Crippen LogP contribution in [0.3, 0.4) is 0 Å². The van der Waals surface area contributed by atoms with Gasteiger partial charge in [-0.2, -0.15) is 0 Å². The van der Waals surface area contributed by atoms with Crippen molar-refractivity contribution in [3.05, 3.63) is 52.8 Å². The first-order chi connectivity index (χ1) is 9.22. The largest absolute Gasteiger partial charge is 0.355 e. The maximum atomic E-state index is 11.7. The average molecular weight is 318 g/mol. The molecule has 19 heavy (non-hydrogen) atoms. The third-order valence-corrected chi connectivity index (χ3v) is 3.46. The molecular formula is C14H12BrN3O. The van der Waals surface area contributed by atoms with Crippen LogP contribution in [0.4, 0.5) is 11.4 Å². The van der Waals surface area contributed by atoms with Gasteiger partial charge in [-0.25, -0.2) is 0 Å². The number of benzene rings is 1. The predicted molar refractivity (Wildman–Crippen MR) is 78.1 cm³/mol. The van der Waals surface area contributed by atoms with E-state index in [2.05, 4.69) is 26.2 Å². The van der Waals surface area contributed by atoms with Gasteiger partial charge in [0.2, 0.25) is 5.91 Å². The van der Waals surface area contributed by atoms with Gasteiger partial charge in [0.1, 0.15) is 0 Å². The van der Waals surface area contributed by atoms with E-state index in [0.717, 1.165) is 21.5 Å². The van der Waals surface area contributed by atoms with E-state index in [1.54, 1.807) is 6.20 Å². The van der Waals surface area contributed by atoms with E-state index in [1.165, 1.54) is 0 Å². The summed E-state index contributed by atoms with van der Waals surface area (Å²) >= 11 is 3.37. The standard InChI is InChI=1S/C14H12BrN3O/c15-10-5-6-11(16-7-10)8-18-9-14(19)17-12-3-1-2-4-13(12)18/h1-7H,8-9H2,(H,17,19). The number of nitrogens with zero attached hydrogens (tertiary/aromatic N) is 2. The molecule has 0 saturated carbocycles. The number of fused-ring (bicyclic) bond motifs is 1. The van der Waals surface area contributed by atoms with Crippen LogP contribution < -0.4 is 10.2 Å². The van der Waals surface area contributed by atoms with Crippen LogP contribution in [-0.2, 0) is 11.3 Å². The lowest BCUT2D eigenvalue weighted by Gasteiger charge is -2.30. The molecule has 0 fully saturated rings. The van der Waals surface area contributed by atoms with Gasteiger partial charge in [-0.1, -0.05) is 12.1 Å². The second-order valence-corrected chi connectivity index (χ2v) is 5.30. The number of para-hydroxylation sites is 2. The zero-order valence-corrected chi connectivity index (χ0v) is 11.7. The molecule has 0 aliphatic carbocycles. The van der Waals surface area contributed by atoms with Crippen LogP contribution in [0.1, 0.15) is 5.69 Å². The SMILES string of the molecule is O=C1CN(Cc2ccc(Br)cn2)c2ccccc2N1. The summed E-state index contributed by atoms with van der Waals surface area (Å²) in [4.78, 5) is 18.1. The number of nitrogens with one attached hydrogen (secondary N) is 1. The minimum Gasteiger partial charge on any atom is -0.355 e. The number of hydrogen-bond acceptors (Lipinski definition) is 3. The highest BCUT2D eigenvalue weighted by molar-refractivity contribution is 9.10. The number of pyridine rings is 1. The fraction of sp³-hybridized carbons (Fsp3) is 0.143. The van der Waals surface area contributed by atoms with Crippen LogP contribution in [0.15, 0.2) is 47.1 Å². The number of hydrogen-bond donors (Lipinski definition) is 1. The van der Waals surface area contributed by atoms with E-state index in [1.807, 2.05) is 41.3 Å². The van der Waals surface area contributed by atoms with Crippen molar-refractivity contribution in [2.45, 2.75) is 6.54 Å². The van der Waals surface area contributed by atoms with Crippen molar-refractivity contribution in [2.24, 2.45) is 0 Å². The Bertz CT molecular complexity index is 612. The van der Waals surface area contributed by atoms with Crippen LogP contribution in [-0.4, -0.2) is 17.4 Å². The lowest BCUT2D eigenvalue weighted by molar-refractivity contribution is -0.115. The topological polar surface area (TPSA) is 45.2 Å². The molecule has 0 atom stereocenters. The summed E-state index contributed by atoms with van der Waals surface area (Å²) in [6.07, 6.45) is 1.77. The summed E-state index contributed by atoms with van der Waals surface area (Å²) in [5, 5.41) is 2.88. The van der Waals surface area contributed by atoms with Gasteiger partial charge in [0.05, 0.1) is 30.2 Å². The predicted octanol–water partition coefficient (Wildman–Crippen LogP) is 2.80. The van der Waals surface area contributed by atoms with Crippen molar-refractivity contribution in [1.29, 1.82) is 0 Å². The van der Waals surface area contributed by atoms with Crippen molar-refractivity contribution >= 4 is 33.2 Å². The molecule has 2 aromatic rings. The third kappa shape index (κ3) is 2.61. The van der Waals surface area contributed by atoms with E-state index in [4.69, 9.17) is 0 Å². The molecule has 0 radical (unpaired) electrons. The number of carbonyl (C=O) groups is 1. The van der Waals surface area contributed by atoms with Gasteiger partial charge >= 0.3 is 0 Å². The van der Waals surface area contributed by atoms with Gasteiger partial charge in [0, 0.05) is 10.7 Å². The molecule has 5 heteroatoms. The minimum absolute atomic E-state index is 0.0100. The monoisotopic (exact) mass is 317 g/mol. The average Bonchev–Trinajstić information content (AvgIpc) is 2.41. The van der Waals surface area contributed by atoms with E-state index < -0.39 is 0 Å². The number of rotatable bonds is 2. The number of amides is 1. The highest BCUT2D eigenvalue weighted by Gasteiger charge is 2.21. The molecule has 1 aromatic carbocycles. The molecule has 1 amide bonds. The quantitative estimate of drug-likeness (QED) is 0.926. The lowest BCUT2D eigenvalue weighted by atomic mass is 10.2. The summed E-state index contributed by atoms with van der Waals surface area (Å²) < 4.78 is 0.952. The zero-order valence-electron chi connectivity index (χ0n) is 10.1. The van der Waals surface area contributed by atoms with E-state index in [-0.39, 0.29) is 5.91 Å². The second kappa shape index (κ2) is 5.01. The Kier molecular flexibility index (Phi) is 3.21. The molecule has 0 saturated heterocycles. The zero-order chi connectivity index (χ0) is 13.2. The molecule has 0 unspecified atom stereocenters. The Morgan fingerprint density at radius 2 is 2.11 bits per heavy atom. The maximum Gasteiger partial charge on any atom is 0.243 e. The Labute approximate surface area is 119 Å². The molecule has 0 spiro atoms. The van der Waals surface area contributed by atoms with E-state index in [0.29, 0.717) is 13.1 Å². The molecule has 4 nitrogen and oxygen atoms in total. The van der Waals surface area contributed by atoms with Crippen LogP contribution >= 0.6 is 15.9 Å². The number of halogens is 1. The summed E-state index contributed by atoms with van der Waals surface area (Å²) in [5.41, 5.74) is 2.83. The molecule has 1 N–H and O–H groups in total. The van der Waals surface area contributed by atoms with Crippen molar-refractivity contribution in [3.8, 4) is 0 Å². The number of carbonyl (C=O) groups excluding carboxylic acids is 1. The Morgan fingerprint density at radius 3 is 2.89 bits per heavy atom. The number of anilines is 2. The van der Waals surface area contributed by atoms with E-state index in [9.17, 15) is 4.79 Å². The fourth-order valence-corrected chi connectivity index (χ4v) is 2.37. The van der Waals surface area contributed by atoms with Gasteiger partial charge in [0.15, 0.2) is 0 Å². The van der Waals surface area contributed by atoms with Gasteiger partial charge < -0.3 is 10.2 Å². The van der Waals surface area contributed by atoms with Crippen LogP contribution in [0, 0.1) is 0 Å². The molecule has 96 valence electrons. The highest BCUT2D eigenvalue weighted by atomic mass is 79.9. The van der Waals surface area contributed by atoms with Crippen molar-refractivity contribution < 1.29 is 4.79 Å². The van der Waals surface area contributed by atoms with Gasteiger partial charge in [-0.05, 0) is 40.2 Å². The molecule has 1 aromatic heterocycles. The van der Waals surface area contributed by atoms with Crippen LogP contribution in [0.25, 0.3) is 0 Å². The van der Waals surface area contributed by atoms with Gasteiger partial charge in [0.25, 0.3) is 0 Å². The van der Waals surface area contributed by atoms with Crippen LogP contribution in [0.2, 0.25) is 0 Å². The molecule has 1 aliphatic heterocycles. The molecule has 0 bridgehead atoms. The summed E-state index contributed by atoms with van der Waals surface area (Å²) in [6.45, 7) is 0.979. The Morgan fingerprint density at radius 1 is 1.26 bits per heavy atom. The summed E-state index contributed by atoms with van der Waals surface area (Å²) in [6, 6.07) is 11.7. The first-order valence-electron chi connectivity index (χ1n) is 5.96. The highest BCUT2D eigenvalue weighted by Crippen LogP contribution is 2.29. The molecule has 1 aliphatic rings. The van der Waals surface area contributed by atoms with Crippen LogP contribution in [0.5, 0.6) is 0 Å². The van der Waals surface area contributed by atoms with Crippen molar-refractivity contribution in [3.63, 3.8) is 0 Å². The van der Waals surface area contributed by atoms with Gasteiger partial charge in [-0.15, -0.1) is 0 Å². The van der Waals surface area contributed by atoms with Gasteiger partial charge in [-0.3, -0.25) is 9.78 Å². The molecule has 3 rings (SSSR count). The third-order valence-electron chi connectivity index (χ3n) is 2.99. The Hall–Kier alpha value is -1.88. The van der Waals surface area contributed by atoms with Crippen molar-refractivity contribution in [2.75, 3.05) is 16.8 Å². The summed E-state index contributed by atoms with van der Waals surface area (Å²) in [5.74, 6) is 0.0100. The smallest absolute Gasteiger partial charge is 0.243 e. The fourth-order valence-electron chi connectivity index (χ4n) is 2.14. The normalized spacial score (nSPS) is 13.9. The Balaban J connectivity index is 1.89. The summed E-state index contributed by atoms with van der Waals surface area (Å²) in [7, 11) is 0. The lowest BCUT2D eigenvalue weighted by Crippen LogP contribution is -2.37. The first kappa shape index (κ1) is 12.2. The minimum atomic E-state index is 0.0100. The molecule has 2 heterocycles. The maximum absolute atomic E-state index is 11.7. The molecular weight excluding hydrogens is 306 g/mol. The van der Waals surface area contributed by atoms with Crippen molar-refractivity contribution in [1.82, 2.24) is 4.98 Å². The second-order valence-electron chi connectivity index (χ2n) is 4.39. The first-order valence-corrected chi connectivity index (χ1v) is 6.76.